The molecule has 0 spiro atoms. The van der Waals surface area contributed by atoms with Gasteiger partial charge in [0.05, 0.1) is 0 Å². The maximum atomic E-state index is 5.63. The Morgan fingerprint density at radius 2 is 1.67 bits per heavy atom. The molecule has 2 nitrogen and oxygen atoms in total. The van der Waals surface area contributed by atoms with Gasteiger partial charge in [0.1, 0.15) is 0 Å². The fourth-order valence-corrected chi connectivity index (χ4v) is 1.52. The molecule has 0 saturated carbocycles. The smallest absolute Gasteiger partial charge is 0.0343 e. The van der Waals surface area contributed by atoms with Crippen LogP contribution in [0.4, 0.5) is 11.4 Å². The fourth-order valence-electron chi connectivity index (χ4n) is 1.52. The van der Waals surface area contributed by atoms with Gasteiger partial charge in [0.15, 0.2) is 0 Å². The van der Waals surface area contributed by atoms with Crippen LogP contribution in [0.3, 0.4) is 0 Å². The van der Waals surface area contributed by atoms with Crippen molar-refractivity contribution in [2.24, 2.45) is 5.92 Å². The van der Waals surface area contributed by atoms with Crippen molar-refractivity contribution < 1.29 is 0 Å². The second-order valence-electron chi connectivity index (χ2n) is 4.64. The van der Waals surface area contributed by atoms with E-state index in [4.69, 9.17) is 5.73 Å². The summed E-state index contributed by atoms with van der Waals surface area (Å²) in [5, 5.41) is 3.47. The molecule has 0 amide bonds. The van der Waals surface area contributed by atoms with E-state index in [9.17, 15) is 0 Å². The molecule has 1 rings (SSSR count). The van der Waals surface area contributed by atoms with Crippen LogP contribution in [0.5, 0.6) is 0 Å². The van der Waals surface area contributed by atoms with Crippen molar-refractivity contribution in [3.05, 3.63) is 24.3 Å². The summed E-state index contributed by atoms with van der Waals surface area (Å²) in [5.74, 6) is 0.778. The minimum Gasteiger partial charge on any atom is -0.399 e. The average molecular weight is 206 g/mol. The quantitative estimate of drug-likeness (QED) is 0.723. The second-order valence-corrected chi connectivity index (χ2v) is 4.64. The third-order valence-corrected chi connectivity index (χ3v) is 2.50. The van der Waals surface area contributed by atoms with Crippen LogP contribution >= 0.6 is 0 Å². The molecule has 0 saturated heterocycles. The second kappa shape index (κ2) is 5.64. The maximum Gasteiger partial charge on any atom is 0.0343 e. The van der Waals surface area contributed by atoms with Crippen molar-refractivity contribution in [2.45, 2.75) is 39.7 Å². The van der Waals surface area contributed by atoms with Crippen LogP contribution in [0.1, 0.15) is 33.6 Å². The molecule has 0 unspecified atom stereocenters. The lowest BCUT2D eigenvalue weighted by atomic mass is 10.0. The van der Waals surface area contributed by atoms with Crippen molar-refractivity contribution in [1.29, 1.82) is 0 Å². The standard InChI is InChI=1S/C13H22N2/c1-10(2)4-5-11(3)15-13-8-6-12(14)7-9-13/h6-11,15H,4-5,14H2,1-3H3/t11-/m0/s1. The number of hydrogen-bond donors (Lipinski definition) is 2. The fraction of sp³-hybridized carbons (Fsp3) is 0.538. The number of nitrogen functional groups attached to an aromatic ring is 1. The predicted molar refractivity (Wildman–Crippen MR) is 68.0 cm³/mol. The first-order valence-electron chi connectivity index (χ1n) is 5.70. The van der Waals surface area contributed by atoms with Crippen LogP contribution in [0.25, 0.3) is 0 Å². The molecule has 3 N–H and O–H groups in total. The van der Waals surface area contributed by atoms with Crippen LogP contribution < -0.4 is 11.1 Å². The van der Waals surface area contributed by atoms with Crippen molar-refractivity contribution in [3.8, 4) is 0 Å². The zero-order valence-electron chi connectivity index (χ0n) is 9.96. The van der Waals surface area contributed by atoms with Crippen LogP contribution in [-0.2, 0) is 0 Å². The summed E-state index contributed by atoms with van der Waals surface area (Å²) < 4.78 is 0. The van der Waals surface area contributed by atoms with Crippen LogP contribution in [0, 0.1) is 5.92 Å². The predicted octanol–water partition coefficient (Wildman–Crippen LogP) is 3.51. The first-order chi connectivity index (χ1) is 7.08. The maximum absolute atomic E-state index is 5.63. The van der Waals surface area contributed by atoms with E-state index in [1.165, 1.54) is 12.8 Å². The number of hydrogen-bond acceptors (Lipinski definition) is 2. The van der Waals surface area contributed by atoms with E-state index in [1.807, 2.05) is 24.3 Å². The first kappa shape index (κ1) is 11.9. The van der Waals surface area contributed by atoms with Crippen molar-refractivity contribution >= 4 is 11.4 Å². The lowest BCUT2D eigenvalue weighted by Gasteiger charge is -2.16. The normalized spacial score (nSPS) is 12.8. The Morgan fingerprint density at radius 3 is 2.20 bits per heavy atom. The Bertz CT molecular complexity index is 277. The SMILES string of the molecule is CC(C)CC[C@H](C)Nc1ccc(N)cc1. The van der Waals surface area contributed by atoms with Gasteiger partial charge in [-0.05, 0) is 49.9 Å². The summed E-state index contributed by atoms with van der Waals surface area (Å²) in [6.45, 7) is 6.74. The summed E-state index contributed by atoms with van der Waals surface area (Å²) in [6.07, 6.45) is 2.48. The molecule has 15 heavy (non-hydrogen) atoms. The van der Waals surface area contributed by atoms with Gasteiger partial charge >= 0.3 is 0 Å². The van der Waals surface area contributed by atoms with Gasteiger partial charge in [0.2, 0.25) is 0 Å². The van der Waals surface area contributed by atoms with Gasteiger partial charge in [0, 0.05) is 17.4 Å². The largest absolute Gasteiger partial charge is 0.399 e. The average Bonchev–Trinajstić information content (AvgIpc) is 2.19. The molecule has 1 atom stereocenters. The van der Waals surface area contributed by atoms with E-state index >= 15 is 0 Å². The molecule has 2 heteroatoms. The number of benzene rings is 1. The molecule has 0 aliphatic rings. The number of rotatable bonds is 5. The topological polar surface area (TPSA) is 38.0 Å². The lowest BCUT2D eigenvalue weighted by molar-refractivity contribution is 0.528. The highest BCUT2D eigenvalue weighted by atomic mass is 14.9. The van der Waals surface area contributed by atoms with Gasteiger partial charge in [-0.15, -0.1) is 0 Å². The minimum atomic E-state index is 0.524. The highest BCUT2D eigenvalue weighted by Gasteiger charge is 2.03. The summed E-state index contributed by atoms with van der Waals surface area (Å²) in [5.41, 5.74) is 7.60. The highest BCUT2D eigenvalue weighted by molar-refractivity contribution is 5.51. The van der Waals surface area contributed by atoms with Crippen LogP contribution in [0.15, 0.2) is 24.3 Å². The Kier molecular flexibility index (Phi) is 4.47. The molecule has 0 radical (unpaired) electrons. The zero-order chi connectivity index (χ0) is 11.3. The van der Waals surface area contributed by atoms with E-state index < -0.39 is 0 Å². The van der Waals surface area contributed by atoms with Gasteiger partial charge in [-0.25, -0.2) is 0 Å². The summed E-state index contributed by atoms with van der Waals surface area (Å²) in [4.78, 5) is 0. The molecular formula is C13H22N2. The number of nitrogens with two attached hydrogens (primary N) is 1. The van der Waals surface area contributed by atoms with Gasteiger partial charge in [0.25, 0.3) is 0 Å². The monoisotopic (exact) mass is 206 g/mol. The van der Waals surface area contributed by atoms with Gasteiger partial charge in [-0.3, -0.25) is 0 Å². The van der Waals surface area contributed by atoms with Crippen molar-refractivity contribution in [2.75, 3.05) is 11.1 Å². The summed E-state index contributed by atoms with van der Waals surface area (Å²) in [7, 11) is 0. The molecule has 0 heterocycles. The lowest BCUT2D eigenvalue weighted by Crippen LogP contribution is -2.15. The Balaban J connectivity index is 2.37. The van der Waals surface area contributed by atoms with E-state index in [1.54, 1.807) is 0 Å². The van der Waals surface area contributed by atoms with Gasteiger partial charge in [-0.1, -0.05) is 13.8 Å². The summed E-state index contributed by atoms with van der Waals surface area (Å²) in [6, 6.07) is 8.44. The molecule has 0 bridgehead atoms. The zero-order valence-corrected chi connectivity index (χ0v) is 9.96. The number of anilines is 2. The molecule has 0 aliphatic heterocycles. The van der Waals surface area contributed by atoms with E-state index in [2.05, 4.69) is 26.1 Å². The molecule has 0 aliphatic carbocycles. The van der Waals surface area contributed by atoms with Crippen molar-refractivity contribution in [1.82, 2.24) is 0 Å². The molecule has 0 aromatic heterocycles. The van der Waals surface area contributed by atoms with Crippen LogP contribution in [0.2, 0.25) is 0 Å². The summed E-state index contributed by atoms with van der Waals surface area (Å²) >= 11 is 0. The van der Waals surface area contributed by atoms with Gasteiger partial charge in [-0.2, -0.15) is 0 Å². The molecule has 1 aromatic rings. The highest BCUT2D eigenvalue weighted by Crippen LogP contribution is 2.14. The Labute approximate surface area is 92.9 Å². The van der Waals surface area contributed by atoms with Gasteiger partial charge < -0.3 is 11.1 Å². The van der Waals surface area contributed by atoms with E-state index in [-0.39, 0.29) is 0 Å². The molecule has 1 aromatic carbocycles. The molecule has 0 fully saturated rings. The molecular weight excluding hydrogens is 184 g/mol. The Morgan fingerprint density at radius 1 is 1.07 bits per heavy atom. The third kappa shape index (κ3) is 4.73. The molecule has 84 valence electrons. The first-order valence-corrected chi connectivity index (χ1v) is 5.70. The van der Waals surface area contributed by atoms with E-state index in [0.29, 0.717) is 6.04 Å². The van der Waals surface area contributed by atoms with E-state index in [0.717, 1.165) is 17.3 Å². The Hall–Kier alpha value is -1.18. The minimum absolute atomic E-state index is 0.524. The van der Waals surface area contributed by atoms with Crippen LogP contribution in [-0.4, -0.2) is 6.04 Å². The van der Waals surface area contributed by atoms with Crippen molar-refractivity contribution in [3.63, 3.8) is 0 Å². The third-order valence-electron chi connectivity index (χ3n) is 2.50. The number of nitrogens with one attached hydrogen (secondary N) is 1.